The Kier molecular flexibility index (Phi) is 5.20. The highest BCUT2D eigenvalue weighted by atomic mass is 127. The summed E-state index contributed by atoms with van der Waals surface area (Å²) in [4.78, 5) is 21.4. The average Bonchev–Trinajstić information content (AvgIpc) is 2.21. The molecule has 86 valence electrons. The molecule has 0 aliphatic carbocycles. The number of carbonyl (C=O) groups is 2. The van der Waals surface area contributed by atoms with E-state index in [-0.39, 0.29) is 12.5 Å². The highest BCUT2D eigenvalue weighted by Crippen LogP contribution is 2.10. The largest absolute Gasteiger partial charge is 0.480 e. The quantitative estimate of drug-likeness (QED) is 0.796. The molecule has 0 atom stereocenters. The predicted molar refractivity (Wildman–Crippen MR) is 66.2 cm³/mol. The van der Waals surface area contributed by atoms with Crippen LogP contribution in [0.1, 0.15) is 0 Å². The van der Waals surface area contributed by atoms with Gasteiger partial charge in [-0.3, -0.25) is 4.79 Å². The molecule has 5 nitrogen and oxygen atoms in total. The van der Waals surface area contributed by atoms with Gasteiger partial charge in [-0.15, -0.1) is 0 Å². The minimum atomic E-state index is -1.10. The molecule has 0 saturated carbocycles. The van der Waals surface area contributed by atoms with Gasteiger partial charge in [0.15, 0.2) is 0 Å². The lowest BCUT2D eigenvalue weighted by Gasteiger charge is -2.04. The van der Waals surface area contributed by atoms with Gasteiger partial charge in [-0.05, 0) is 46.9 Å². The molecule has 1 aromatic rings. The van der Waals surface area contributed by atoms with Crippen LogP contribution in [0.3, 0.4) is 0 Å². The summed E-state index contributed by atoms with van der Waals surface area (Å²) in [5.74, 6) is -1.47. The van der Waals surface area contributed by atoms with Gasteiger partial charge < -0.3 is 15.2 Å². The number of aliphatic carboxylic acids is 1. The molecule has 0 aliphatic heterocycles. The van der Waals surface area contributed by atoms with Crippen LogP contribution in [0.2, 0.25) is 0 Å². The molecule has 0 bridgehead atoms. The first-order chi connectivity index (χ1) is 7.58. The Bertz CT molecular complexity index is 377. The maximum Gasteiger partial charge on any atom is 0.329 e. The summed E-state index contributed by atoms with van der Waals surface area (Å²) in [6.45, 7) is -0.738. The molecule has 0 saturated heterocycles. The fraction of sp³-hybridized carbons (Fsp3) is 0.200. The first-order valence-corrected chi connectivity index (χ1v) is 5.51. The van der Waals surface area contributed by atoms with E-state index in [9.17, 15) is 9.59 Å². The molecule has 0 spiro atoms. The van der Waals surface area contributed by atoms with E-state index in [4.69, 9.17) is 5.11 Å². The molecule has 0 unspecified atom stereocenters. The topological polar surface area (TPSA) is 75.6 Å². The van der Waals surface area contributed by atoms with Crippen molar-refractivity contribution in [3.05, 3.63) is 27.8 Å². The summed E-state index contributed by atoms with van der Waals surface area (Å²) in [6.07, 6.45) is 0. The van der Waals surface area contributed by atoms with Gasteiger partial charge in [-0.25, -0.2) is 4.79 Å². The van der Waals surface area contributed by atoms with E-state index in [1.807, 2.05) is 12.1 Å². The van der Waals surface area contributed by atoms with Crippen molar-refractivity contribution in [2.75, 3.05) is 18.5 Å². The third-order valence-corrected chi connectivity index (χ3v) is 2.31. The normalized spacial score (nSPS) is 9.81. The van der Waals surface area contributed by atoms with Crippen LogP contribution in [-0.2, 0) is 14.3 Å². The molecule has 1 amide bonds. The van der Waals surface area contributed by atoms with Crippen LogP contribution in [0.15, 0.2) is 24.3 Å². The molecule has 0 aromatic heterocycles. The molecule has 2 N–H and O–H groups in total. The van der Waals surface area contributed by atoms with Crippen LogP contribution in [-0.4, -0.2) is 30.2 Å². The molecular formula is C10H10INO4. The Balaban J connectivity index is 2.34. The number of ether oxygens (including phenoxy) is 1. The molecule has 0 radical (unpaired) electrons. The lowest BCUT2D eigenvalue weighted by atomic mass is 10.3. The summed E-state index contributed by atoms with van der Waals surface area (Å²) >= 11 is 2.16. The van der Waals surface area contributed by atoms with Gasteiger partial charge in [0, 0.05) is 9.26 Å². The number of carboxylic acid groups (broad SMARTS) is 1. The standard InChI is InChI=1S/C10H10INO4/c11-7-1-3-8(4-2-7)12-9(13)5-16-6-10(14)15/h1-4H,5-6H2,(H,12,13)(H,14,15). The maximum atomic E-state index is 11.2. The molecule has 16 heavy (non-hydrogen) atoms. The van der Waals surface area contributed by atoms with Crippen molar-refractivity contribution in [3.8, 4) is 0 Å². The second-order valence-corrected chi connectivity index (χ2v) is 4.19. The van der Waals surface area contributed by atoms with Crippen LogP contribution in [0.25, 0.3) is 0 Å². The van der Waals surface area contributed by atoms with Gasteiger partial charge in [-0.1, -0.05) is 0 Å². The molecule has 1 aromatic carbocycles. The van der Waals surface area contributed by atoms with Gasteiger partial charge in [-0.2, -0.15) is 0 Å². The Morgan fingerprint density at radius 1 is 1.25 bits per heavy atom. The number of halogens is 1. The van der Waals surface area contributed by atoms with Gasteiger partial charge in [0.2, 0.25) is 5.91 Å². The van der Waals surface area contributed by atoms with Gasteiger partial charge in [0.1, 0.15) is 13.2 Å². The minimum Gasteiger partial charge on any atom is -0.480 e. The molecule has 0 aliphatic rings. The van der Waals surface area contributed by atoms with E-state index in [0.717, 1.165) is 3.57 Å². The first kappa shape index (κ1) is 12.9. The molecule has 0 fully saturated rings. The second-order valence-electron chi connectivity index (χ2n) is 2.94. The fourth-order valence-electron chi connectivity index (χ4n) is 0.961. The number of anilines is 1. The zero-order valence-corrected chi connectivity index (χ0v) is 10.4. The van der Waals surface area contributed by atoms with Gasteiger partial charge in [0.25, 0.3) is 0 Å². The van der Waals surface area contributed by atoms with Crippen molar-refractivity contribution in [1.82, 2.24) is 0 Å². The number of hydrogen-bond acceptors (Lipinski definition) is 3. The monoisotopic (exact) mass is 335 g/mol. The zero-order chi connectivity index (χ0) is 12.0. The summed E-state index contributed by atoms with van der Waals surface area (Å²) in [5.41, 5.74) is 0.657. The lowest BCUT2D eigenvalue weighted by Crippen LogP contribution is -2.20. The summed E-state index contributed by atoms with van der Waals surface area (Å²) < 4.78 is 5.71. The van der Waals surface area contributed by atoms with E-state index >= 15 is 0 Å². The summed E-state index contributed by atoms with van der Waals surface area (Å²) in [7, 11) is 0. The van der Waals surface area contributed by atoms with Crippen LogP contribution >= 0.6 is 22.6 Å². The van der Waals surface area contributed by atoms with E-state index < -0.39 is 12.6 Å². The van der Waals surface area contributed by atoms with E-state index in [1.54, 1.807) is 12.1 Å². The van der Waals surface area contributed by atoms with Crippen molar-refractivity contribution in [3.63, 3.8) is 0 Å². The Morgan fingerprint density at radius 3 is 2.44 bits per heavy atom. The molecule has 6 heteroatoms. The van der Waals surface area contributed by atoms with Crippen LogP contribution in [0, 0.1) is 3.57 Å². The SMILES string of the molecule is O=C(O)COCC(=O)Nc1ccc(I)cc1. The lowest BCUT2D eigenvalue weighted by molar-refractivity contribution is -0.143. The fourth-order valence-corrected chi connectivity index (χ4v) is 1.32. The van der Waals surface area contributed by atoms with Gasteiger partial charge in [0.05, 0.1) is 0 Å². The molecule has 0 heterocycles. The summed E-state index contributed by atoms with van der Waals surface area (Å²) in [6, 6.07) is 7.23. The Labute approximate surface area is 106 Å². The number of hydrogen-bond donors (Lipinski definition) is 2. The maximum absolute atomic E-state index is 11.2. The van der Waals surface area contributed by atoms with Crippen LogP contribution in [0.4, 0.5) is 5.69 Å². The Morgan fingerprint density at radius 2 is 1.88 bits per heavy atom. The van der Waals surface area contributed by atoms with Crippen molar-refractivity contribution >= 4 is 40.2 Å². The van der Waals surface area contributed by atoms with E-state index in [1.165, 1.54) is 0 Å². The third kappa shape index (κ3) is 5.08. The van der Waals surface area contributed by atoms with Crippen LogP contribution < -0.4 is 5.32 Å². The third-order valence-electron chi connectivity index (χ3n) is 1.59. The number of amides is 1. The number of rotatable bonds is 5. The number of carbonyl (C=O) groups excluding carboxylic acids is 1. The van der Waals surface area contributed by atoms with Crippen molar-refractivity contribution in [2.24, 2.45) is 0 Å². The highest BCUT2D eigenvalue weighted by molar-refractivity contribution is 14.1. The first-order valence-electron chi connectivity index (χ1n) is 4.43. The van der Waals surface area contributed by atoms with Crippen molar-refractivity contribution < 1.29 is 19.4 Å². The highest BCUT2D eigenvalue weighted by Gasteiger charge is 2.04. The van der Waals surface area contributed by atoms with Crippen LogP contribution in [0.5, 0.6) is 0 Å². The number of nitrogens with one attached hydrogen (secondary N) is 1. The zero-order valence-electron chi connectivity index (χ0n) is 8.27. The van der Waals surface area contributed by atoms with Crippen molar-refractivity contribution in [2.45, 2.75) is 0 Å². The minimum absolute atomic E-state index is 0.266. The molecular weight excluding hydrogens is 325 g/mol. The predicted octanol–water partition coefficient (Wildman–Crippen LogP) is 1.33. The Hall–Kier alpha value is -1.15. The number of benzene rings is 1. The van der Waals surface area contributed by atoms with Gasteiger partial charge >= 0.3 is 5.97 Å². The smallest absolute Gasteiger partial charge is 0.329 e. The van der Waals surface area contributed by atoms with E-state index in [0.29, 0.717) is 5.69 Å². The average molecular weight is 335 g/mol. The van der Waals surface area contributed by atoms with Crippen molar-refractivity contribution in [1.29, 1.82) is 0 Å². The van der Waals surface area contributed by atoms with E-state index in [2.05, 4.69) is 32.6 Å². The second kappa shape index (κ2) is 6.44. The molecule has 1 rings (SSSR count). The number of carboxylic acids is 1. The summed E-state index contributed by atoms with van der Waals surface area (Å²) in [5, 5.41) is 10.9.